The largest absolute Gasteiger partial charge is 0.497 e. The molecule has 1 aromatic carbocycles. The highest BCUT2D eigenvalue weighted by Gasteiger charge is 2.12. The number of aliphatic hydroxyl groups excluding tert-OH is 1. The number of ether oxygens (including phenoxy) is 2. The van der Waals surface area contributed by atoms with E-state index in [4.69, 9.17) is 13.9 Å². The summed E-state index contributed by atoms with van der Waals surface area (Å²) in [6.45, 7) is 1.96. The van der Waals surface area contributed by atoms with Crippen LogP contribution in [0.15, 0.2) is 41.0 Å². The summed E-state index contributed by atoms with van der Waals surface area (Å²) in [5.74, 6) is 2.41. The highest BCUT2D eigenvalue weighted by Crippen LogP contribution is 2.26. The molecule has 0 aliphatic rings. The maximum atomic E-state index is 9.23. The van der Waals surface area contributed by atoms with Crippen molar-refractivity contribution in [2.24, 2.45) is 0 Å². The highest BCUT2D eigenvalue weighted by molar-refractivity contribution is 5.40. The van der Waals surface area contributed by atoms with Crippen LogP contribution in [0.25, 0.3) is 0 Å². The molecule has 0 aliphatic carbocycles. The Balaban J connectivity index is 2.12. The topological polar surface area (TPSA) is 55.1 Å². The molecule has 0 unspecified atom stereocenters. The van der Waals surface area contributed by atoms with Gasteiger partial charge in [-0.2, -0.15) is 0 Å². The van der Waals surface area contributed by atoms with Crippen molar-refractivity contribution in [3.8, 4) is 11.5 Å². The summed E-state index contributed by atoms with van der Waals surface area (Å²) in [7, 11) is 3.27. The molecule has 114 valence electrons. The van der Waals surface area contributed by atoms with Gasteiger partial charge in [0.2, 0.25) is 0 Å². The molecule has 0 bridgehead atoms. The standard InChI is InChI=1S/C16H21NO4/c1-19-14-6-5-13(16(10-14)20-2)11-17(7-8-18)12-15-4-3-9-21-15/h3-6,9-10,18H,7-8,11-12H2,1-2H3. The van der Waals surface area contributed by atoms with Crippen molar-refractivity contribution >= 4 is 0 Å². The Morgan fingerprint density at radius 2 is 2.00 bits per heavy atom. The molecule has 1 heterocycles. The summed E-state index contributed by atoms with van der Waals surface area (Å²) < 4.78 is 16.0. The molecule has 0 saturated carbocycles. The first-order chi connectivity index (χ1) is 10.3. The van der Waals surface area contributed by atoms with Gasteiger partial charge >= 0.3 is 0 Å². The maximum absolute atomic E-state index is 9.23. The van der Waals surface area contributed by atoms with E-state index in [9.17, 15) is 5.11 Å². The number of hydrogen-bond acceptors (Lipinski definition) is 5. The van der Waals surface area contributed by atoms with Crippen LogP contribution in [0, 0.1) is 0 Å². The smallest absolute Gasteiger partial charge is 0.127 e. The number of rotatable bonds is 8. The van der Waals surface area contributed by atoms with Gasteiger partial charge in [-0.25, -0.2) is 0 Å². The van der Waals surface area contributed by atoms with Crippen molar-refractivity contribution in [1.29, 1.82) is 0 Å². The number of furan rings is 1. The predicted molar refractivity (Wildman–Crippen MR) is 79.5 cm³/mol. The van der Waals surface area contributed by atoms with Gasteiger partial charge in [0.05, 0.1) is 33.6 Å². The van der Waals surface area contributed by atoms with E-state index in [0.717, 1.165) is 22.8 Å². The van der Waals surface area contributed by atoms with Crippen molar-refractivity contribution < 1.29 is 19.0 Å². The number of hydrogen-bond donors (Lipinski definition) is 1. The second-order valence-electron chi connectivity index (χ2n) is 4.69. The summed E-state index contributed by atoms with van der Waals surface area (Å²) >= 11 is 0. The third-order valence-corrected chi connectivity index (χ3v) is 3.26. The van der Waals surface area contributed by atoms with E-state index in [1.54, 1.807) is 20.5 Å². The minimum atomic E-state index is 0.0964. The quantitative estimate of drug-likeness (QED) is 0.808. The minimum Gasteiger partial charge on any atom is -0.497 e. The molecule has 21 heavy (non-hydrogen) atoms. The molecule has 2 aromatic rings. The van der Waals surface area contributed by atoms with Crippen LogP contribution in [0.3, 0.4) is 0 Å². The molecule has 2 rings (SSSR count). The zero-order valence-electron chi connectivity index (χ0n) is 12.4. The monoisotopic (exact) mass is 291 g/mol. The zero-order chi connectivity index (χ0) is 15.1. The lowest BCUT2D eigenvalue weighted by atomic mass is 10.1. The minimum absolute atomic E-state index is 0.0964. The summed E-state index contributed by atoms with van der Waals surface area (Å²) in [5, 5.41) is 9.23. The second-order valence-corrected chi connectivity index (χ2v) is 4.69. The highest BCUT2D eigenvalue weighted by atomic mass is 16.5. The van der Waals surface area contributed by atoms with Crippen molar-refractivity contribution in [2.45, 2.75) is 13.1 Å². The molecule has 0 radical (unpaired) electrons. The number of methoxy groups -OCH3 is 2. The summed E-state index contributed by atoms with van der Waals surface area (Å²) in [6, 6.07) is 9.53. The molecule has 0 aliphatic heterocycles. The van der Waals surface area contributed by atoms with E-state index < -0.39 is 0 Å². The Kier molecular flexibility index (Phi) is 5.66. The molecule has 0 atom stereocenters. The fourth-order valence-electron chi connectivity index (χ4n) is 2.20. The van der Waals surface area contributed by atoms with Crippen LogP contribution >= 0.6 is 0 Å². The van der Waals surface area contributed by atoms with E-state index in [1.807, 2.05) is 30.3 Å². The maximum Gasteiger partial charge on any atom is 0.127 e. The van der Waals surface area contributed by atoms with Crippen LogP contribution < -0.4 is 9.47 Å². The Bertz CT molecular complexity index is 539. The van der Waals surface area contributed by atoms with Crippen molar-refractivity contribution in [3.05, 3.63) is 47.9 Å². The lowest BCUT2D eigenvalue weighted by Crippen LogP contribution is -2.26. The molecule has 0 spiro atoms. The molecule has 5 nitrogen and oxygen atoms in total. The average molecular weight is 291 g/mol. The van der Waals surface area contributed by atoms with Gasteiger partial charge in [0.25, 0.3) is 0 Å². The summed E-state index contributed by atoms with van der Waals surface area (Å²) in [6.07, 6.45) is 1.65. The van der Waals surface area contributed by atoms with Crippen molar-refractivity contribution in [1.82, 2.24) is 4.90 Å². The van der Waals surface area contributed by atoms with Crippen LogP contribution in [0.4, 0.5) is 0 Å². The van der Waals surface area contributed by atoms with E-state index in [1.165, 1.54) is 0 Å². The van der Waals surface area contributed by atoms with Gasteiger partial charge in [-0.3, -0.25) is 4.90 Å². The van der Waals surface area contributed by atoms with E-state index in [-0.39, 0.29) is 6.61 Å². The first-order valence-electron chi connectivity index (χ1n) is 6.83. The lowest BCUT2D eigenvalue weighted by Gasteiger charge is -2.21. The van der Waals surface area contributed by atoms with E-state index in [2.05, 4.69) is 4.90 Å². The summed E-state index contributed by atoms with van der Waals surface area (Å²) in [4.78, 5) is 2.10. The van der Waals surface area contributed by atoms with Gasteiger partial charge in [-0.1, -0.05) is 6.07 Å². The molecule has 1 aromatic heterocycles. The third-order valence-electron chi connectivity index (χ3n) is 3.26. The lowest BCUT2D eigenvalue weighted by molar-refractivity contribution is 0.173. The van der Waals surface area contributed by atoms with Crippen molar-refractivity contribution in [3.63, 3.8) is 0 Å². The van der Waals surface area contributed by atoms with Gasteiger partial charge in [0.1, 0.15) is 17.3 Å². The van der Waals surface area contributed by atoms with Crippen LogP contribution in [-0.2, 0) is 13.1 Å². The molecule has 0 saturated heterocycles. The fourth-order valence-corrected chi connectivity index (χ4v) is 2.20. The molecule has 1 N–H and O–H groups in total. The third kappa shape index (κ3) is 4.24. The molecular formula is C16H21NO4. The first kappa shape index (κ1) is 15.4. The Hall–Kier alpha value is -1.98. The first-order valence-corrected chi connectivity index (χ1v) is 6.83. The van der Waals surface area contributed by atoms with Crippen molar-refractivity contribution in [2.75, 3.05) is 27.4 Å². The van der Waals surface area contributed by atoms with E-state index >= 15 is 0 Å². The van der Waals surface area contributed by atoms with Crippen LogP contribution in [0.2, 0.25) is 0 Å². The van der Waals surface area contributed by atoms with Gasteiger partial charge in [0.15, 0.2) is 0 Å². The van der Waals surface area contributed by atoms with Gasteiger partial charge < -0.3 is 19.0 Å². The SMILES string of the molecule is COc1ccc(CN(CCO)Cc2ccco2)c(OC)c1. The normalized spacial score (nSPS) is 10.9. The Morgan fingerprint density at radius 1 is 1.14 bits per heavy atom. The number of aliphatic hydroxyl groups is 1. The Labute approximate surface area is 124 Å². The summed E-state index contributed by atoms with van der Waals surface area (Å²) in [5.41, 5.74) is 1.04. The van der Waals surface area contributed by atoms with Crippen LogP contribution in [0.5, 0.6) is 11.5 Å². The van der Waals surface area contributed by atoms with Gasteiger partial charge in [0, 0.05) is 24.7 Å². The van der Waals surface area contributed by atoms with Crippen LogP contribution in [0.1, 0.15) is 11.3 Å². The fraction of sp³-hybridized carbons (Fsp3) is 0.375. The van der Waals surface area contributed by atoms with Gasteiger partial charge in [-0.15, -0.1) is 0 Å². The van der Waals surface area contributed by atoms with Crippen LogP contribution in [-0.4, -0.2) is 37.4 Å². The Morgan fingerprint density at radius 3 is 2.62 bits per heavy atom. The average Bonchev–Trinajstić information content (AvgIpc) is 3.00. The van der Waals surface area contributed by atoms with E-state index in [0.29, 0.717) is 19.6 Å². The number of nitrogens with zero attached hydrogens (tertiary/aromatic N) is 1. The van der Waals surface area contributed by atoms with Gasteiger partial charge in [-0.05, 0) is 18.2 Å². The predicted octanol–water partition coefficient (Wildman–Crippen LogP) is 2.29. The molecular weight excluding hydrogens is 270 g/mol. The number of benzene rings is 1. The molecule has 0 fully saturated rings. The second kappa shape index (κ2) is 7.71. The molecule has 5 heteroatoms. The molecule has 0 amide bonds. The zero-order valence-corrected chi connectivity index (χ0v) is 12.4.